The molecule has 0 aromatic heterocycles. The number of piperidine rings is 1. The fourth-order valence-electron chi connectivity index (χ4n) is 2.31. The van der Waals surface area contributed by atoms with Crippen molar-refractivity contribution in [1.82, 2.24) is 4.90 Å². The molecule has 0 spiro atoms. The van der Waals surface area contributed by atoms with Gasteiger partial charge in [-0.1, -0.05) is 0 Å². The molecule has 2 atom stereocenters. The largest absolute Gasteiger partial charge is 0.481 e. The van der Waals surface area contributed by atoms with Crippen molar-refractivity contribution in [3.63, 3.8) is 0 Å². The Bertz CT molecular complexity index is 293. The smallest absolute Gasteiger partial charge is 0.303 e. The summed E-state index contributed by atoms with van der Waals surface area (Å²) in [5, 5.41) is 8.78. The van der Waals surface area contributed by atoms with Gasteiger partial charge in [-0.3, -0.25) is 9.59 Å². The van der Waals surface area contributed by atoms with E-state index in [0.29, 0.717) is 13.0 Å². The Kier molecular flexibility index (Phi) is 6.12. The molecule has 1 fully saturated rings. The Morgan fingerprint density at radius 1 is 1.50 bits per heavy atom. The van der Waals surface area contributed by atoms with Crippen LogP contribution in [0.2, 0.25) is 0 Å². The van der Waals surface area contributed by atoms with Gasteiger partial charge in [-0.15, -0.1) is 0 Å². The molecular formula is C13H23NO4. The van der Waals surface area contributed by atoms with Crippen LogP contribution in [0.5, 0.6) is 0 Å². The van der Waals surface area contributed by atoms with E-state index in [1.165, 1.54) is 0 Å². The molecule has 1 heterocycles. The molecule has 5 nitrogen and oxygen atoms in total. The fourth-order valence-corrected chi connectivity index (χ4v) is 2.31. The zero-order chi connectivity index (χ0) is 13.5. The summed E-state index contributed by atoms with van der Waals surface area (Å²) in [7, 11) is 1.64. The highest BCUT2D eigenvalue weighted by Gasteiger charge is 2.25. The third-order valence-electron chi connectivity index (χ3n) is 3.50. The molecule has 5 heteroatoms. The number of amides is 1. The monoisotopic (exact) mass is 257 g/mol. The molecule has 1 saturated heterocycles. The first-order valence-corrected chi connectivity index (χ1v) is 6.55. The number of rotatable bonds is 6. The van der Waals surface area contributed by atoms with E-state index in [0.717, 1.165) is 25.8 Å². The van der Waals surface area contributed by atoms with Gasteiger partial charge in [0.25, 0.3) is 0 Å². The standard InChI is InChI=1S/C13H23NO4/c1-10(18-2)5-6-12(15)14-7-3-4-11(9-14)8-13(16)17/h10-11H,3-9H2,1-2H3,(H,16,17). The van der Waals surface area contributed by atoms with Crippen molar-refractivity contribution < 1.29 is 19.4 Å². The first-order valence-electron chi connectivity index (χ1n) is 6.55. The molecule has 0 aromatic rings. The summed E-state index contributed by atoms with van der Waals surface area (Å²) in [6, 6.07) is 0. The van der Waals surface area contributed by atoms with Gasteiger partial charge in [0.2, 0.25) is 5.91 Å². The number of aliphatic carboxylic acids is 1. The van der Waals surface area contributed by atoms with Gasteiger partial charge in [0, 0.05) is 33.0 Å². The minimum absolute atomic E-state index is 0.0913. The van der Waals surface area contributed by atoms with E-state index in [1.807, 2.05) is 6.92 Å². The Morgan fingerprint density at radius 2 is 2.22 bits per heavy atom. The molecule has 2 unspecified atom stereocenters. The van der Waals surface area contributed by atoms with Crippen LogP contribution in [-0.4, -0.2) is 48.2 Å². The van der Waals surface area contributed by atoms with Crippen LogP contribution in [0.3, 0.4) is 0 Å². The number of nitrogens with zero attached hydrogens (tertiary/aromatic N) is 1. The van der Waals surface area contributed by atoms with Crippen molar-refractivity contribution in [3.8, 4) is 0 Å². The number of carbonyl (C=O) groups excluding carboxylic acids is 1. The maximum absolute atomic E-state index is 12.0. The molecular weight excluding hydrogens is 234 g/mol. The van der Waals surface area contributed by atoms with Crippen LogP contribution in [0.1, 0.15) is 39.0 Å². The van der Waals surface area contributed by atoms with E-state index in [9.17, 15) is 9.59 Å². The van der Waals surface area contributed by atoms with Crippen LogP contribution in [0, 0.1) is 5.92 Å². The summed E-state index contributed by atoms with van der Waals surface area (Å²) >= 11 is 0. The van der Waals surface area contributed by atoms with Gasteiger partial charge < -0.3 is 14.7 Å². The maximum Gasteiger partial charge on any atom is 0.303 e. The van der Waals surface area contributed by atoms with E-state index in [2.05, 4.69) is 0 Å². The SMILES string of the molecule is COC(C)CCC(=O)N1CCCC(CC(=O)O)C1. The lowest BCUT2D eigenvalue weighted by Crippen LogP contribution is -2.40. The average Bonchev–Trinajstić information content (AvgIpc) is 2.35. The van der Waals surface area contributed by atoms with Gasteiger partial charge in [-0.2, -0.15) is 0 Å². The summed E-state index contributed by atoms with van der Waals surface area (Å²) in [5.74, 6) is -0.545. The van der Waals surface area contributed by atoms with Crippen molar-refractivity contribution >= 4 is 11.9 Å². The number of hydrogen-bond acceptors (Lipinski definition) is 3. The first-order chi connectivity index (χ1) is 8.52. The Balaban J connectivity index is 2.36. The van der Waals surface area contributed by atoms with Gasteiger partial charge in [-0.05, 0) is 32.1 Å². The van der Waals surface area contributed by atoms with Crippen LogP contribution in [0.4, 0.5) is 0 Å². The van der Waals surface area contributed by atoms with Crippen LogP contribution in [0.25, 0.3) is 0 Å². The van der Waals surface area contributed by atoms with E-state index in [4.69, 9.17) is 9.84 Å². The molecule has 0 aromatic carbocycles. The molecule has 1 aliphatic heterocycles. The summed E-state index contributed by atoms with van der Waals surface area (Å²) < 4.78 is 5.11. The number of carbonyl (C=O) groups is 2. The molecule has 1 aliphatic rings. The summed E-state index contributed by atoms with van der Waals surface area (Å²) in [6.45, 7) is 3.29. The third kappa shape index (κ3) is 5.04. The molecule has 0 bridgehead atoms. The molecule has 0 saturated carbocycles. The predicted molar refractivity (Wildman–Crippen MR) is 67.3 cm³/mol. The van der Waals surface area contributed by atoms with E-state index in [1.54, 1.807) is 12.0 Å². The second-order valence-electron chi connectivity index (χ2n) is 5.03. The number of hydrogen-bond donors (Lipinski definition) is 1. The molecule has 18 heavy (non-hydrogen) atoms. The summed E-state index contributed by atoms with van der Waals surface area (Å²) in [4.78, 5) is 24.5. The first kappa shape index (κ1) is 15.0. The molecule has 0 aliphatic carbocycles. The average molecular weight is 257 g/mol. The van der Waals surface area contributed by atoms with E-state index in [-0.39, 0.29) is 24.3 Å². The van der Waals surface area contributed by atoms with Crippen molar-refractivity contribution in [1.29, 1.82) is 0 Å². The Morgan fingerprint density at radius 3 is 2.83 bits per heavy atom. The zero-order valence-electron chi connectivity index (χ0n) is 11.2. The molecule has 1 amide bonds. The minimum atomic E-state index is -0.776. The highest BCUT2D eigenvalue weighted by atomic mass is 16.5. The van der Waals surface area contributed by atoms with Gasteiger partial charge in [0.15, 0.2) is 0 Å². The topological polar surface area (TPSA) is 66.8 Å². The number of carboxylic acid groups (broad SMARTS) is 1. The molecule has 1 N–H and O–H groups in total. The van der Waals surface area contributed by atoms with E-state index < -0.39 is 5.97 Å². The lowest BCUT2D eigenvalue weighted by Gasteiger charge is -2.32. The van der Waals surface area contributed by atoms with Gasteiger partial charge in [0.05, 0.1) is 6.10 Å². The summed E-state index contributed by atoms with van der Waals surface area (Å²) in [6.07, 6.45) is 3.27. The van der Waals surface area contributed by atoms with Gasteiger partial charge in [-0.25, -0.2) is 0 Å². The lowest BCUT2D eigenvalue weighted by atomic mass is 9.94. The molecule has 1 rings (SSSR count). The zero-order valence-corrected chi connectivity index (χ0v) is 11.2. The maximum atomic E-state index is 12.0. The number of likely N-dealkylation sites (tertiary alicyclic amines) is 1. The number of ether oxygens (including phenoxy) is 1. The van der Waals surface area contributed by atoms with Crippen LogP contribution >= 0.6 is 0 Å². The third-order valence-corrected chi connectivity index (χ3v) is 3.50. The van der Waals surface area contributed by atoms with Crippen LogP contribution in [-0.2, 0) is 14.3 Å². The second-order valence-corrected chi connectivity index (χ2v) is 5.03. The fraction of sp³-hybridized carbons (Fsp3) is 0.846. The normalized spacial score (nSPS) is 21.7. The minimum Gasteiger partial charge on any atom is -0.481 e. The van der Waals surface area contributed by atoms with Crippen molar-refractivity contribution in [2.75, 3.05) is 20.2 Å². The number of methoxy groups -OCH3 is 1. The van der Waals surface area contributed by atoms with Gasteiger partial charge in [0.1, 0.15) is 0 Å². The second kappa shape index (κ2) is 7.36. The van der Waals surface area contributed by atoms with Gasteiger partial charge >= 0.3 is 5.97 Å². The highest BCUT2D eigenvalue weighted by Crippen LogP contribution is 2.20. The van der Waals surface area contributed by atoms with Crippen LogP contribution < -0.4 is 0 Å². The highest BCUT2D eigenvalue weighted by molar-refractivity contribution is 5.76. The van der Waals surface area contributed by atoms with Crippen molar-refractivity contribution in [3.05, 3.63) is 0 Å². The molecule has 0 radical (unpaired) electrons. The Labute approximate surface area is 108 Å². The number of carboxylic acids is 1. The predicted octanol–water partition coefficient (Wildman–Crippen LogP) is 1.51. The van der Waals surface area contributed by atoms with Crippen molar-refractivity contribution in [2.24, 2.45) is 5.92 Å². The van der Waals surface area contributed by atoms with E-state index >= 15 is 0 Å². The van der Waals surface area contributed by atoms with Crippen molar-refractivity contribution in [2.45, 2.75) is 45.1 Å². The molecule has 104 valence electrons. The Hall–Kier alpha value is -1.10. The van der Waals surface area contributed by atoms with Crippen LogP contribution in [0.15, 0.2) is 0 Å². The quantitative estimate of drug-likeness (QED) is 0.783. The lowest BCUT2D eigenvalue weighted by molar-refractivity contribution is -0.140. The summed E-state index contributed by atoms with van der Waals surface area (Å²) in [5.41, 5.74) is 0.